The molecular formula is C14H24N2Na2O3P+. The molecule has 0 aliphatic heterocycles. The second-order valence-corrected chi connectivity index (χ2v) is 2.34. The second kappa shape index (κ2) is 49.8. The van der Waals surface area contributed by atoms with Crippen molar-refractivity contribution in [1.29, 1.82) is 0 Å². The predicted octanol–water partition coefficient (Wildman–Crippen LogP) is -3.57. The predicted molar refractivity (Wildman–Crippen MR) is 87.9 cm³/mol. The van der Waals surface area contributed by atoms with Crippen LogP contribution in [-0.2, 0) is 4.57 Å². The van der Waals surface area contributed by atoms with Crippen molar-refractivity contribution in [3.8, 4) is 0 Å². The molecular weight excluding hydrogens is 321 g/mol. The maximum absolute atomic E-state index is 8.48. The van der Waals surface area contributed by atoms with Crippen LogP contribution in [0.15, 0.2) is 76.9 Å². The monoisotopic (exact) mass is 345 g/mol. The van der Waals surface area contributed by atoms with Crippen molar-refractivity contribution in [2.24, 2.45) is 0 Å². The number of nitrogens with two attached hydrogens (primary N) is 2. The van der Waals surface area contributed by atoms with Gasteiger partial charge in [0.2, 0.25) is 0 Å². The molecule has 0 saturated carbocycles. The van der Waals surface area contributed by atoms with Gasteiger partial charge in [-0.05, 0) is 24.3 Å². The Bertz CT molecular complexity index is 282. The molecule has 5 nitrogen and oxygen atoms in total. The average molecular weight is 345 g/mol. The molecule has 0 bridgehead atoms. The number of benzene rings is 1. The van der Waals surface area contributed by atoms with Gasteiger partial charge in [-0.15, -0.1) is 52.6 Å². The van der Waals surface area contributed by atoms with E-state index >= 15 is 0 Å². The van der Waals surface area contributed by atoms with Gasteiger partial charge in [-0.2, -0.15) is 0 Å². The van der Waals surface area contributed by atoms with E-state index < -0.39 is 8.25 Å². The van der Waals surface area contributed by atoms with Gasteiger partial charge in [0.05, 0.1) is 0 Å². The van der Waals surface area contributed by atoms with Gasteiger partial charge in [-0.25, -0.2) is 0 Å². The van der Waals surface area contributed by atoms with Crippen LogP contribution in [0.25, 0.3) is 0 Å². The SMILES string of the molecule is C=C.C=C.C=C.C=C.Nc1ccc(N)cc1.O=[P+]([O-])[O-].[Na+].[Na+]. The molecule has 0 radical (unpaired) electrons. The van der Waals surface area contributed by atoms with Gasteiger partial charge in [0.1, 0.15) is 0 Å². The van der Waals surface area contributed by atoms with Gasteiger partial charge in [-0.1, -0.05) is 4.57 Å². The first-order valence-corrected chi connectivity index (χ1v) is 6.04. The smallest absolute Gasteiger partial charge is 0.598 e. The maximum Gasteiger partial charge on any atom is 1.00 e. The van der Waals surface area contributed by atoms with Gasteiger partial charge >= 0.3 is 59.1 Å². The molecule has 114 valence electrons. The molecule has 22 heavy (non-hydrogen) atoms. The van der Waals surface area contributed by atoms with Gasteiger partial charge in [-0.3, -0.25) is 0 Å². The molecule has 0 saturated heterocycles. The molecule has 1 aromatic rings. The van der Waals surface area contributed by atoms with E-state index in [-0.39, 0.29) is 59.1 Å². The summed E-state index contributed by atoms with van der Waals surface area (Å²) in [6.07, 6.45) is 0. The van der Waals surface area contributed by atoms with E-state index in [9.17, 15) is 0 Å². The van der Waals surface area contributed by atoms with Crippen LogP contribution in [0.5, 0.6) is 0 Å². The largest absolute Gasteiger partial charge is 1.00 e. The van der Waals surface area contributed by atoms with Crippen molar-refractivity contribution < 1.29 is 73.5 Å². The fraction of sp³-hybridized carbons (Fsp3) is 0. The van der Waals surface area contributed by atoms with Gasteiger partial charge < -0.3 is 21.3 Å². The third-order valence-corrected chi connectivity index (χ3v) is 0.936. The Morgan fingerprint density at radius 3 is 0.864 bits per heavy atom. The number of nitrogen functional groups attached to an aromatic ring is 2. The molecule has 0 fully saturated rings. The third kappa shape index (κ3) is 72.9. The topological polar surface area (TPSA) is 115 Å². The Morgan fingerprint density at radius 1 is 0.682 bits per heavy atom. The molecule has 8 heteroatoms. The van der Waals surface area contributed by atoms with Crippen molar-refractivity contribution in [2.45, 2.75) is 0 Å². The van der Waals surface area contributed by atoms with Crippen molar-refractivity contribution in [1.82, 2.24) is 0 Å². The van der Waals surface area contributed by atoms with Crippen LogP contribution in [0.4, 0.5) is 11.4 Å². The van der Waals surface area contributed by atoms with Gasteiger partial charge in [0.25, 0.3) is 8.25 Å². The van der Waals surface area contributed by atoms with Gasteiger partial charge in [0.15, 0.2) is 0 Å². The normalized spacial score (nSPS) is 5.18. The van der Waals surface area contributed by atoms with E-state index in [1.54, 1.807) is 24.3 Å². The van der Waals surface area contributed by atoms with Crippen molar-refractivity contribution >= 4 is 19.6 Å². The summed E-state index contributed by atoms with van der Waals surface area (Å²) in [5, 5.41) is 0. The number of anilines is 2. The van der Waals surface area contributed by atoms with E-state index in [1.807, 2.05) is 0 Å². The van der Waals surface area contributed by atoms with Crippen LogP contribution in [0.3, 0.4) is 0 Å². The van der Waals surface area contributed by atoms with Gasteiger partial charge in [0, 0.05) is 11.4 Å². The quantitative estimate of drug-likeness (QED) is 0.218. The number of hydrogen-bond acceptors (Lipinski definition) is 5. The van der Waals surface area contributed by atoms with E-state index in [4.69, 9.17) is 25.8 Å². The summed E-state index contributed by atoms with van der Waals surface area (Å²) >= 11 is 0. The van der Waals surface area contributed by atoms with Crippen molar-refractivity contribution in [3.63, 3.8) is 0 Å². The van der Waals surface area contributed by atoms with E-state index in [0.29, 0.717) is 0 Å². The Kier molecular flexibility index (Phi) is 97.4. The van der Waals surface area contributed by atoms with Crippen LogP contribution in [-0.4, -0.2) is 0 Å². The Hall–Kier alpha value is -0.200. The zero-order valence-corrected chi connectivity index (χ0v) is 18.7. The maximum atomic E-state index is 8.48. The summed E-state index contributed by atoms with van der Waals surface area (Å²) < 4.78 is 8.48. The minimum atomic E-state index is -3.37. The minimum Gasteiger partial charge on any atom is -0.598 e. The van der Waals surface area contributed by atoms with Crippen LogP contribution >= 0.6 is 8.25 Å². The number of rotatable bonds is 0. The van der Waals surface area contributed by atoms with E-state index in [2.05, 4.69) is 52.6 Å². The van der Waals surface area contributed by atoms with E-state index in [1.165, 1.54) is 0 Å². The molecule has 1 aromatic carbocycles. The second-order valence-electron chi connectivity index (χ2n) is 1.89. The van der Waals surface area contributed by atoms with Crippen molar-refractivity contribution in [2.75, 3.05) is 11.5 Å². The molecule has 0 heterocycles. The average Bonchev–Trinajstić information content (AvgIpc) is 2.50. The molecule has 0 aliphatic carbocycles. The summed E-state index contributed by atoms with van der Waals surface area (Å²) in [6, 6.07) is 7.09. The fourth-order valence-corrected chi connectivity index (χ4v) is 0.496. The van der Waals surface area contributed by atoms with Crippen LogP contribution in [0.1, 0.15) is 0 Å². The molecule has 4 N–H and O–H groups in total. The Labute approximate surface area is 180 Å². The first kappa shape index (κ1) is 43.1. The summed E-state index contributed by atoms with van der Waals surface area (Å²) in [4.78, 5) is 17.0. The summed E-state index contributed by atoms with van der Waals surface area (Å²) in [6.45, 7) is 24.0. The zero-order valence-electron chi connectivity index (χ0n) is 13.8. The summed E-state index contributed by atoms with van der Waals surface area (Å²) in [7, 11) is -3.37. The van der Waals surface area contributed by atoms with Crippen molar-refractivity contribution in [3.05, 3.63) is 76.9 Å². The van der Waals surface area contributed by atoms with E-state index in [0.717, 1.165) is 11.4 Å². The molecule has 0 aliphatic rings. The van der Waals surface area contributed by atoms with Crippen LogP contribution < -0.4 is 80.4 Å². The zero-order chi connectivity index (χ0) is 17.6. The summed E-state index contributed by atoms with van der Waals surface area (Å²) in [5.74, 6) is 0. The molecule has 1 rings (SSSR count). The summed E-state index contributed by atoms with van der Waals surface area (Å²) in [5.41, 5.74) is 12.2. The molecule has 0 spiro atoms. The fourth-order valence-electron chi connectivity index (χ4n) is 0.496. The standard InChI is InChI=1S/C6H8N2.4C2H4.2Na.HO3P/c7-5-1-2-6(8)4-3-5;4*1-2;;;1-4(2)3/h1-4H,7-8H2;4*1-2H2;;;(H,1,2,3)/q;;;;;2*+1;/p-1. The van der Waals surface area contributed by atoms with Crippen LogP contribution in [0, 0.1) is 0 Å². The first-order valence-electron chi connectivity index (χ1n) is 4.95. The third-order valence-electron chi connectivity index (χ3n) is 0.936. The van der Waals surface area contributed by atoms with Crippen LogP contribution in [0.2, 0.25) is 0 Å². The first-order chi connectivity index (χ1) is 9.52. The molecule has 0 amide bonds. The molecule has 0 aromatic heterocycles. The molecule has 0 unspecified atom stereocenters. The Balaban J connectivity index is -0.0000000281. The Morgan fingerprint density at radius 2 is 0.773 bits per heavy atom. The number of hydrogen-bond donors (Lipinski definition) is 2. The minimum absolute atomic E-state index is 0. The molecule has 0 atom stereocenters.